The zero-order valence-electron chi connectivity index (χ0n) is 16.4. The van der Waals surface area contributed by atoms with Crippen molar-refractivity contribution in [3.8, 4) is 17.0 Å². The van der Waals surface area contributed by atoms with Crippen LogP contribution in [0.4, 0.5) is 14.5 Å². The summed E-state index contributed by atoms with van der Waals surface area (Å²) in [6.07, 6.45) is 0. The van der Waals surface area contributed by atoms with Crippen LogP contribution in [0.5, 0.6) is 5.75 Å². The molecule has 0 bridgehead atoms. The van der Waals surface area contributed by atoms with Gasteiger partial charge in [0, 0.05) is 17.0 Å². The van der Waals surface area contributed by atoms with Crippen molar-refractivity contribution >= 4 is 22.5 Å². The summed E-state index contributed by atoms with van der Waals surface area (Å²) in [4.78, 5) is 17.9. The first kappa shape index (κ1) is 19.5. The summed E-state index contributed by atoms with van der Waals surface area (Å²) in [7, 11) is 1.59. The Morgan fingerprint density at radius 3 is 2.43 bits per heavy atom. The van der Waals surface area contributed by atoms with Crippen molar-refractivity contribution in [2.75, 3.05) is 12.4 Å². The summed E-state index contributed by atoms with van der Waals surface area (Å²) >= 11 is 0. The van der Waals surface area contributed by atoms with Crippen molar-refractivity contribution in [1.82, 2.24) is 4.98 Å². The number of para-hydroxylation sites is 1. The van der Waals surface area contributed by atoms with Crippen molar-refractivity contribution in [3.05, 3.63) is 89.5 Å². The van der Waals surface area contributed by atoms with E-state index >= 15 is 0 Å². The minimum atomic E-state index is -0.838. The van der Waals surface area contributed by atoms with Gasteiger partial charge in [0.25, 0.3) is 5.91 Å². The van der Waals surface area contributed by atoms with Crippen LogP contribution >= 0.6 is 0 Å². The maximum absolute atomic E-state index is 14.1. The molecule has 0 saturated carbocycles. The second-order valence-corrected chi connectivity index (χ2v) is 6.78. The molecule has 150 valence electrons. The number of hydrogen-bond donors (Lipinski definition) is 1. The first-order valence-electron chi connectivity index (χ1n) is 9.28. The van der Waals surface area contributed by atoms with Crippen LogP contribution in [0.3, 0.4) is 0 Å². The van der Waals surface area contributed by atoms with Gasteiger partial charge in [0.2, 0.25) is 0 Å². The molecule has 4 nitrogen and oxygen atoms in total. The highest BCUT2D eigenvalue weighted by atomic mass is 19.1. The predicted molar refractivity (Wildman–Crippen MR) is 113 cm³/mol. The number of benzene rings is 3. The normalized spacial score (nSPS) is 10.8. The van der Waals surface area contributed by atoms with E-state index in [0.29, 0.717) is 33.5 Å². The number of methoxy groups -OCH3 is 1. The summed E-state index contributed by atoms with van der Waals surface area (Å²) in [5.74, 6) is -1.33. The molecule has 0 atom stereocenters. The Morgan fingerprint density at radius 2 is 1.73 bits per heavy atom. The summed E-state index contributed by atoms with van der Waals surface area (Å²) in [6, 6.07) is 17.7. The third-order valence-corrected chi connectivity index (χ3v) is 4.91. The van der Waals surface area contributed by atoms with Gasteiger partial charge >= 0.3 is 0 Å². The Morgan fingerprint density at radius 1 is 1.00 bits per heavy atom. The van der Waals surface area contributed by atoms with E-state index in [0.717, 1.165) is 17.7 Å². The van der Waals surface area contributed by atoms with Gasteiger partial charge in [-0.05, 0) is 55.0 Å². The molecule has 1 N–H and O–H groups in total. The van der Waals surface area contributed by atoms with Crippen molar-refractivity contribution in [1.29, 1.82) is 0 Å². The van der Waals surface area contributed by atoms with Crippen LogP contribution in [-0.4, -0.2) is 18.0 Å². The first-order chi connectivity index (χ1) is 14.5. The zero-order valence-corrected chi connectivity index (χ0v) is 16.4. The highest BCUT2D eigenvalue weighted by Gasteiger charge is 2.20. The lowest BCUT2D eigenvalue weighted by atomic mass is 9.97. The van der Waals surface area contributed by atoms with E-state index in [4.69, 9.17) is 9.72 Å². The molecule has 3 aromatic carbocycles. The van der Waals surface area contributed by atoms with Gasteiger partial charge < -0.3 is 10.1 Å². The van der Waals surface area contributed by atoms with Gasteiger partial charge in [-0.25, -0.2) is 13.8 Å². The molecule has 4 rings (SSSR count). The minimum Gasteiger partial charge on any atom is -0.497 e. The average Bonchev–Trinajstić information content (AvgIpc) is 2.75. The lowest BCUT2D eigenvalue weighted by molar-refractivity contribution is 0.102. The molecule has 0 fully saturated rings. The number of anilines is 1. The number of hydrogen-bond acceptors (Lipinski definition) is 3. The third kappa shape index (κ3) is 3.59. The van der Waals surface area contributed by atoms with Crippen LogP contribution in [0.2, 0.25) is 0 Å². The second-order valence-electron chi connectivity index (χ2n) is 6.78. The number of carbonyl (C=O) groups is 1. The quantitative estimate of drug-likeness (QED) is 0.471. The molecule has 0 unspecified atom stereocenters. The van der Waals surface area contributed by atoms with Crippen LogP contribution in [0.25, 0.3) is 22.2 Å². The summed E-state index contributed by atoms with van der Waals surface area (Å²) < 4.78 is 32.5. The van der Waals surface area contributed by atoms with Crippen LogP contribution in [-0.2, 0) is 0 Å². The van der Waals surface area contributed by atoms with E-state index < -0.39 is 17.5 Å². The fourth-order valence-corrected chi connectivity index (χ4v) is 3.41. The smallest absolute Gasteiger partial charge is 0.256 e. The molecule has 0 aliphatic carbocycles. The van der Waals surface area contributed by atoms with Gasteiger partial charge in [-0.2, -0.15) is 0 Å². The predicted octanol–water partition coefficient (Wildman–Crippen LogP) is 5.75. The topological polar surface area (TPSA) is 51.2 Å². The van der Waals surface area contributed by atoms with E-state index in [9.17, 15) is 13.6 Å². The van der Waals surface area contributed by atoms with Crippen molar-refractivity contribution in [2.45, 2.75) is 6.92 Å². The summed E-state index contributed by atoms with van der Waals surface area (Å²) in [5.41, 5.74) is 3.04. The molecule has 4 aromatic rings. The largest absolute Gasteiger partial charge is 0.497 e. The maximum atomic E-state index is 14.1. The molecule has 0 spiro atoms. The number of fused-ring (bicyclic) bond motifs is 1. The molecule has 0 saturated heterocycles. The number of pyridine rings is 1. The molecular formula is C24H18F2N2O2. The highest BCUT2D eigenvalue weighted by molar-refractivity contribution is 6.14. The number of nitrogens with one attached hydrogen (secondary N) is 1. The van der Waals surface area contributed by atoms with Gasteiger partial charge in [-0.3, -0.25) is 4.79 Å². The molecule has 0 radical (unpaired) electrons. The number of halogens is 2. The molecular weight excluding hydrogens is 386 g/mol. The fourth-order valence-electron chi connectivity index (χ4n) is 3.41. The fraction of sp³-hybridized carbons (Fsp3) is 0.0833. The zero-order chi connectivity index (χ0) is 21.3. The third-order valence-electron chi connectivity index (χ3n) is 4.91. The molecule has 1 heterocycles. The standard InChI is InChI=1S/C24H18F2N2O2/c1-14-22(24(29)28-21-12-9-16(25)13-19(21)26)18-5-3-4-6-20(18)27-23(14)15-7-10-17(30-2)11-8-15/h3-13H,1-2H3,(H,28,29). The SMILES string of the molecule is COc1ccc(-c2nc3ccccc3c(C(=O)Nc3ccc(F)cc3F)c2C)cc1. The van der Waals surface area contributed by atoms with E-state index in [1.54, 1.807) is 20.1 Å². The Balaban J connectivity index is 1.85. The van der Waals surface area contributed by atoms with Crippen LogP contribution in [0.15, 0.2) is 66.7 Å². The van der Waals surface area contributed by atoms with Crippen LogP contribution in [0.1, 0.15) is 15.9 Å². The van der Waals surface area contributed by atoms with E-state index in [-0.39, 0.29) is 5.69 Å². The second kappa shape index (κ2) is 7.91. The van der Waals surface area contributed by atoms with Crippen molar-refractivity contribution < 1.29 is 18.3 Å². The van der Waals surface area contributed by atoms with Gasteiger partial charge in [0.1, 0.15) is 17.4 Å². The summed E-state index contributed by atoms with van der Waals surface area (Å²) in [6.45, 7) is 1.80. The molecule has 1 aromatic heterocycles. The molecule has 1 amide bonds. The molecule has 0 aliphatic heterocycles. The monoisotopic (exact) mass is 404 g/mol. The number of rotatable bonds is 4. The van der Waals surface area contributed by atoms with Gasteiger partial charge in [0.15, 0.2) is 0 Å². The lowest BCUT2D eigenvalue weighted by Crippen LogP contribution is -2.16. The molecule has 30 heavy (non-hydrogen) atoms. The van der Waals surface area contributed by atoms with Gasteiger partial charge in [0.05, 0.1) is 29.6 Å². The van der Waals surface area contributed by atoms with E-state index in [1.807, 2.05) is 42.5 Å². The van der Waals surface area contributed by atoms with Crippen molar-refractivity contribution in [3.63, 3.8) is 0 Å². The van der Waals surface area contributed by atoms with Gasteiger partial charge in [-0.15, -0.1) is 0 Å². The van der Waals surface area contributed by atoms with Crippen molar-refractivity contribution in [2.24, 2.45) is 0 Å². The Labute approximate surface area is 172 Å². The maximum Gasteiger partial charge on any atom is 0.256 e. The minimum absolute atomic E-state index is 0.0901. The number of amides is 1. The van der Waals surface area contributed by atoms with Crippen LogP contribution < -0.4 is 10.1 Å². The highest BCUT2D eigenvalue weighted by Crippen LogP contribution is 2.31. The lowest BCUT2D eigenvalue weighted by Gasteiger charge is -2.15. The number of aromatic nitrogens is 1. The average molecular weight is 404 g/mol. The first-order valence-corrected chi connectivity index (χ1v) is 9.28. The molecule has 6 heteroatoms. The summed E-state index contributed by atoms with van der Waals surface area (Å²) in [5, 5.41) is 3.20. The number of ether oxygens (including phenoxy) is 1. The Bertz CT molecular complexity index is 1250. The van der Waals surface area contributed by atoms with Gasteiger partial charge in [-0.1, -0.05) is 18.2 Å². The van der Waals surface area contributed by atoms with Crippen LogP contribution in [0, 0.1) is 18.6 Å². The molecule has 0 aliphatic rings. The number of carbonyl (C=O) groups excluding carboxylic acids is 1. The van der Waals surface area contributed by atoms with E-state index in [2.05, 4.69) is 5.32 Å². The Kier molecular flexibility index (Phi) is 5.14. The number of nitrogens with zero attached hydrogens (tertiary/aromatic N) is 1. The van der Waals surface area contributed by atoms with E-state index in [1.165, 1.54) is 6.07 Å². The Hall–Kier alpha value is -3.80.